The summed E-state index contributed by atoms with van der Waals surface area (Å²) < 4.78 is 2.15. The number of hydrogen-bond donors (Lipinski definition) is 1. The first-order valence-corrected chi connectivity index (χ1v) is 11.9. The van der Waals surface area contributed by atoms with Crippen LogP contribution in [0.25, 0.3) is 11.8 Å². The third-order valence-corrected chi connectivity index (χ3v) is 7.67. The Morgan fingerprint density at radius 1 is 1.15 bits per heavy atom. The van der Waals surface area contributed by atoms with E-state index in [0.29, 0.717) is 10.6 Å². The van der Waals surface area contributed by atoms with Crippen LogP contribution >= 0.6 is 11.3 Å². The molecule has 1 aliphatic rings. The molecule has 0 aliphatic heterocycles. The summed E-state index contributed by atoms with van der Waals surface area (Å²) in [5, 5.41) is 22.8. The molecule has 1 aromatic carbocycles. The number of aromatic nitrogens is 1. The van der Waals surface area contributed by atoms with E-state index in [9.17, 15) is 15.3 Å². The maximum atomic E-state index is 13.0. The van der Waals surface area contributed by atoms with Crippen LogP contribution in [0.15, 0.2) is 29.8 Å². The number of carbonyl (C=O) groups is 1. The monoisotopic (exact) mass is 454 g/mol. The molecule has 0 radical (unpaired) electrons. The van der Waals surface area contributed by atoms with Crippen molar-refractivity contribution in [2.45, 2.75) is 53.4 Å². The fourth-order valence-electron chi connectivity index (χ4n) is 4.53. The molecule has 0 unspecified atom stereocenters. The molecule has 0 fully saturated rings. The topological polar surface area (TPSA) is 81.6 Å². The second-order valence-corrected chi connectivity index (χ2v) is 9.64. The van der Waals surface area contributed by atoms with Crippen molar-refractivity contribution >= 4 is 28.3 Å². The average molecular weight is 455 g/mol. The number of rotatable bonds is 4. The number of amides is 1. The number of nitriles is 2. The quantitative estimate of drug-likeness (QED) is 0.384. The van der Waals surface area contributed by atoms with Crippen LogP contribution in [-0.2, 0) is 17.6 Å². The zero-order chi connectivity index (χ0) is 23.7. The van der Waals surface area contributed by atoms with Gasteiger partial charge in [-0.2, -0.15) is 10.5 Å². The van der Waals surface area contributed by atoms with Gasteiger partial charge in [0.1, 0.15) is 22.7 Å². The molecule has 1 N–H and O–H groups in total. The Hall–Kier alpha value is -3.61. The third kappa shape index (κ3) is 4.11. The number of nitrogens with one attached hydrogen (secondary N) is 1. The number of thiophene rings is 1. The van der Waals surface area contributed by atoms with Crippen molar-refractivity contribution in [1.29, 1.82) is 10.5 Å². The van der Waals surface area contributed by atoms with E-state index in [2.05, 4.69) is 41.9 Å². The predicted molar refractivity (Wildman–Crippen MR) is 133 cm³/mol. The highest BCUT2D eigenvalue weighted by Crippen LogP contribution is 2.38. The molecule has 0 saturated carbocycles. The molecule has 33 heavy (non-hydrogen) atoms. The van der Waals surface area contributed by atoms with E-state index in [1.54, 1.807) is 6.08 Å². The number of nitrogens with zero attached hydrogens (tertiary/aromatic N) is 3. The van der Waals surface area contributed by atoms with E-state index in [-0.39, 0.29) is 5.57 Å². The van der Waals surface area contributed by atoms with Crippen LogP contribution in [0.1, 0.15) is 56.9 Å². The van der Waals surface area contributed by atoms with Crippen LogP contribution in [0, 0.1) is 50.4 Å². The number of carbonyl (C=O) groups excluding carboxylic acids is 1. The standard InChI is InChI=1S/C27H26N4OS/c1-16-8-7-10-24(18(16)3)31-17(2)12-20(19(31)4)13-21(14-28)26(32)30-27-23(15-29)22-9-5-6-11-25(22)33-27/h7-8,10,12-13H,5-6,9,11H2,1-4H3,(H,30,32)/b21-13+. The third-order valence-electron chi connectivity index (χ3n) is 6.46. The van der Waals surface area contributed by atoms with Crippen LogP contribution in [-0.4, -0.2) is 10.5 Å². The summed E-state index contributed by atoms with van der Waals surface area (Å²) in [6.07, 6.45) is 5.61. The van der Waals surface area contributed by atoms with Crippen molar-refractivity contribution in [3.05, 3.63) is 73.9 Å². The molecule has 0 bridgehead atoms. The van der Waals surface area contributed by atoms with E-state index < -0.39 is 5.91 Å². The van der Waals surface area contributed by atoms with Gasteiger partial charge < -0.3 is 9.88 Å². The molecule has 0 saturated heterocycles. The average Bonchev–Trinajstić information content (AvgIpc) is 3.29. The lowest BCUT2D eigenvalue weighted by Gasteiger charge is -2.14. The minimum Gasteiger partial charge on any atom is -0.318 e. The molecule has 1 aliphatic carbocycles. The first-order chi connectivity index (χ1) is 15.8. The van der Waals surface area contributed by atoms with Gasteiger partial charge in [-0.3, -0.25) is 4.79 Å². The largest absolute Gasteiger partial charge is 0.318 e. The van der Waals surface area contributed by atoms with Gasteiger partial charge in [0.25, 0.3) is 5.91 Å². The summed E-state index contributed by atoms with van der Waals surface area (Å²) in [6.45, 7) is 8.20. The van der Waals surface area contributed by atoms with Gasteiger partial charge >= 0.3 is 0 Å². The van der Waals surface area contributed by atoms with Crippen LogP contribution in [0.5, 0.6) is 0 Å². The van der Waals surface area contributed by atoms with Crippen molar-refractivity contribution in [1.82, 2.24) is 4.57 Å². The van der Waals surface area contributed by atoms with Crippen molar-refractivity contribution in [3.8, 4) is 17.8 Å². The van der Waals surface area contributed by atoms with Crippen LogP contribution in [0.2, 0.25) is 0 Å². The highest BCUT2D eigenvalue weighted by Gasteiger charge is 2.23. The Balaban J connectivity index is 1.68. The SMILES string of the molecule is Cc1cccc(-n2c(C)cc(/C=C(\C#N)C(=O)Nc3sc4c(c3C#N)CCCC4)c2C)c1C. The molecule has 2 heterocycles. The minimum absolute atomic E-state index is 0.0199. The molecule has 4 rings (SSSR count). The first-order valence-electron chi connectivity index (χ1n) is 11.1. The minimum atomic E-state index is -0.482. The lowest BCUT2D eigenvalue weighted by Crippen LogP contribution is -2.13. The molecule has 2 aromatic heterocycles. The predicted octanol–water partition coefficient (Wildman–Crippen LogP) is 6.07. The molecule has 1 amide bonds. The summed E-state index contributed by atoms with van der Waals surface area (Å²) in [4.78, 5) is 14.2. The normalized spacial score (nSPS) is 13.2. The fraction of sp³-hybridized carbons (Fsp3) is 0.296. The lowest BCUT2D eigenvalue weighted by molar-refractivity contribution is -0.112. The van der Waals surface area contributed by atoms with Crippen molar-refractivity contribution in [2.75, 3.05) is 5.32 Å². The van der Waals surface area contributed by atoms with Crippen LogP contribution < -0.4 is 5.32 Å². The van der Waals surface area contributed by atoms with Gasteiger partial charge in [-0.25, -0.2) is 0 Å². The summed E-state index contributed by atoms with van der Waals surface area (Å²) >= 11 is 1.46. The molecule has 6 heteroatoms. The summed E-state index contributed by atoms with van der Waals surface area (Å²) in [5.74, 6) is -0.482. The molecule has 3 aromatic rings. The van der Waals surface area contributed by atoms with Crippen molar-refractivity contribution in [3.63, 3.8) is 0 Å². The first kappa shape index (κ1) is 22.6. The number of benzene rings is 1. The number of fused-ring (bicyclic) bond motifs is 1. The van der Waals surface area contributed by atoms with Gasteiger partial charge in [-0.05, 0) is 93.8 Å². The molecule has 5 nitrogen and oxygen atoms in total. The lowest BCUT2D eigenvalue weighted by atomic mass is 9.96. The zero-order valence-corrected chi connectivity index (χ0v) is 20.2. The zero-order valence-electron chi connectivity index (χ0n) is 19.4. The fourth-order valence-corrected chi connectivity index (χ4v) is 5.76. The second kappa shape index (κ2) is 9.10. The van der Waals surface area contributed by atoms with E-state index in [1.807, 2.05) is 32.0 Å². The van der Waals surface area contributed by atoms with Crippen molar-refractivity contribution < 1.29 is 4.79 Å². The molecule has 0 spiro atoms. The Labute approximate surface area is 198 Å². The number of hydrogen-bond acceptors (Lipinski definition) is 4. The van der Waals surface area contributed by atoms with E-state index in [4.69, 9.17) is 0 Å². The van der Waals surface area contributed by atoms with E-state index in [0.717, 1.165) is 53.9 Å². The summed E-state index contributed by atoms with van der Waals surface area (Å²) in [5.41, 5.74) is 7.94. The van der Waals surface area contributed by atoms with E-state index >= 15 is 0 Å². The molecule has 0 atom stereocenters. The van der Waals surface area contributed by atoms with Crippen molar-refractivity contribution in [2.24, 2.45) is 0 Å². The maximum Gasteiger partial charge on any atom is 0.266 e. The molecule has 166 valence electrons. The summed E-state index contributed by atoms with van der Waals surface area (Å²) in [6, 6.07) is 12.5. The number of aryl methyl sites for hydroxylation is 3. The maximum absolute atomic E-state index is 13.0. The van der Waals surface area contributed by atoms with Crippen LogP contribution in [0.4, 0.5) is 5.00 Å². The smallest absolute Gasteiger partial charge is 0.266 e. The van der Waals surface area contributed by atoms with Gasteiger partial charge in [0, 0.05) is 22.0 Å². The molecular weight excluding hydrogens is 428 g/mol. The Kier molecular flexibility index (Phi) is 6.22. The second-order valence-electron chi connectivity index (χ2n) is 8.53. The van der Waals surface area contributed by atoms with Gasteiger partial charge in [0.2, 0.25) is 0 Å². The highest BCUT2D eigenvalue weighted by molar-refractivity contribution is 7.16. The van der Waals surface area contributed by atoms with Gasteiger partial charge in [0.05, 0.1) is 5.56 Å². The number of anilines is 1. The van der Waals surface area contributed by atoms with Gasteiger partial charge in [0.15, 0.2) is 0 Å². The molecular formula is C27H26N4OS. The Morgan fingerprint density at radius 3 is 2.64 bits per heavy atom. The highest BCUT2D eigenvalue weighted by atomic mass is 32.1. The van der Waals surface area contributed by atoms with E-state index in [1.165, 1.54) is 27.3 Å². The Morgan fingerprint density at radius 2 is 1.91 bits per heavy atom. The Bertz CT molecular complexity index is 1370. The van der Waals surface area contributed by atoms with Crippen LogP contribution in [0.3, 0.4) is 0 Å². The summed E-state index contributed by atoms with van der Waals surface area (Å²) in [7, 11) is 0. The van der Waals surface area contributed by atoms with Gasteiger partial charge in [-0.1, -0.05) is 12.1 Å². The van der Waals surface area contributed by atoms with Gasteiger partial charge in [-0.15, -0.1) is 11.3 Å².